The summed E-state index contributed by atoms with van der Waals surface area (Å²) in [6.07, 6.45) is 11.3. The molecule has 6 nitrogen and oxygen atoms in total. The molecule has 0 aromatic heterocycles. The van der Waals surface area contributed by atoms with Gasteiger partial charge in [0, 0.05) is 36.2 Å². The van der Waals surface area contributed by atoms with E-state index >= 15 is 0 Å². The normalized spacial score (nSPS) is 23.1. The Bertz CT molecular complexity index is 1000. The zero-order valence-electron chi connectivity index (χ0n) is 18.4. The first kappa shape index (κ1) is 24.1. The van der Waals surface area contributed by atoms with Gasteiger partial charge in [0.25, 0.3) is 5.91 Å². The molecule has 32 heavy (non-hydrogen) atoms. The standard InChI is InChI=1S/C24H29BrClN5O/c1-15(29-22-7-5-4-6-19(22)23(27)31(2)3)28-17-9-11-18(12-10-17)30-24(32)20-14-16(25)8-13-21(20)26/h4-8,13-14,17-18,28H,1,9-12,27H2,2-3H3,(H,30,32)/b23-19+,29-22-/t17-,18+. The first-order valence-corrected chi connectivity index (χ1v) is 11.7. The molecule has 1 aromatic carbocycles. The first-order valence-electron chi connectivity index (χ1n) is 10.6. The van der Waals surface area contributed by atoms with Crippen LogP contribution in [0.15, 0.2) is 75.8 Å². The topological polar surface area (TPSA) is 82.8 Å². The molecule has 0 saturated heterocycles. The van der Waals surface area contributed by atoms with Crippen molar-refractivity contribution in [1.29, 1.82) is 0 Å². The van der Waals surface area contributed by atoms with Crippen molar-refractivity contribution in [3.8, 4) is 0 Å². The Morgan fingerprint density at radius 2 is 1.78 bits per heavy atom. The summed E-state index contributed by atoms with van der Waals surface area (Å²) in [4.78, 5) is 19.1. The van der Waals surface area contributed by atoms with Crippen molar-refractivity contribution in [1.82, 2.24) is 15.5 Å². The van der Waals surface area contributed by atoms with Crippen LogP contribution in [0.25, 0.3) is 0 Å². The number of nitrogens with one attached hydrogen (secondary N) is 2. The highest BCUT2D eigenvalue weighted by atomic mass is 79.9. The van der Waals surface area contributed by atoms with Crippen LogP contribution in [-0.2, 0) is 0 Å². The molecule has 0 bridgehead atoms. The molecule has 4 N–H and O–H groups in total. The molecule has 0 spiro atoms. The van der Waals surface area contributed by atoms with Gasteiger partial charge in [-0.3, -0.25) is 4.79 Å². The summed E-state index contributed by atoms with van der Waals surface area (Å²) in [6, 6.07) is 5.67. The number of carbonyl (C=O) groups is 1. The van der Waals surface area contributed by atoms with E-state index in [1.54, 1.807) is 12.1 Å². The van der Waals surface area contributed by atoms with Crippen LogP contribution >= 0.6 is 27.5 Å². The number of rotatable bonds is 6. The quantitative estimate of drug-likeness (QED) is 0.518. The fourth-order valence-electron chi connectivity index (χ4n) is 3.76. The lowest BCUT2D eigenvalue weighted by Crippen LogP contribution is -2.42. The Balaban J connectivity index is 1.54. The summed E-state index contributed by atoms with van der Waals surface area (Å²) in [7, 11) is 3.81. The Labute approximate surface area is 203 Å². The van der Waals surface area contributed by atoms with Gasteiger partial charge in [-0.2, -0.15) is 0 Å². The third-order valence-electron chi connectivity index (χ3n) is 5.52. The number of allylic oxidation sites excluding steroid dienone is 5. The van der Waals surface area contributed by atoms with E-state index in [9.17, 15) is 4.79 Å². The molecule has 1 amide bonds. The summed E-state index contributed by atoms with van der Waals surface area (Å²) in [5, 5.41) is 6.98. The monoisotopic (exact) mass is 517 g/mol. The lowest BCUT2D eigenvalue weighted by molar-refractivity contribution is 0.0925. The molecule has 0 heterocycles. The molecule has 1 fully saturated rings. The van der Waals surface area contributed by atoms with E-state index in [1.807, 2.05) is 49.4 Å². The molecular formula is C24H29BrClN5O. The van der Waals surface area contributed by atoms with E-state index in [2.05, 4.69) is 38.1 Å². The van der Waals surface area contributed by atoms with Gasteiger partial charge in [-0.1, -0.05) is 46.3 Å². The predicted molar refractivity (Wildman–Crippen MR) is 136 cm³/mol. The first-order chi connectivity index (χ1) is 15.2. The summed E-state index contributed by atoms with van der Waals surface area (Å²) in [5.41, 5.74) is 8.34. The summed E-state index contributed by atoms with van der Waals surface area (Å²) in [5.74, 6) is 1.12. The Kier molecular flexibility index (Phi) is 8.21. The summed E-state index contributed by atoms with van der Waals surface area (Å²) in [6.45, 7) is 4.08. The van der Waals surface area contributed by atoms with Crippen molar-refractivity contribution in [2.75, 3.05) is 14.1 Å². The van der Waals surface area contributed by atoms with Crippen LogP contribution in [0, 0.1) is 0 Å². The summed E-state index contributed by atoms with van der Waals surface area (Å²) < 4.78 is 0.828. The van der Waals surface area contributed by atoms with Crippen molar-refractivity contribution in [3.63, 3.8) is 0 Å². The average Bonchev–Trinajstić information content (AvgIpc) is 2.76. The zero-order valence-corrected chi connectivity index (χ0v) is 20.7. The van der Waals surface area contributed by atoms with E-state index in [1.165, 1.54) is 0 Å². The minimum absolute atomic E-state index is 0.121. The second-order valence-electron chi connectivity index (χ2n) is 8.15. The Hall–Kier alpha value is -2.51. The Morgan fingerprint density at radius 3 is 2.44 bits per heavy atom. The highest BCUT2D eigenvalue weighted by Gasteiger charge is 2.24. The molecule has 1 saturated carbocycles. The van der Waals surface area contributed by atoms with Gasteiger partial charge in [-0.15, -0.1) is 0 Å². The van der Waals surface area contributed by atoms with Gasteiger partial charge in [0.15, 0.2) is 0 Å². The van der Waals surface area contributed by atoms with Crippen LogP contribution < -0.4 is 16.4 Å². The number of benzene rings is 1. The number of hydrogen-bond donors (Lipinski definition) is 3. The van der Waals surface area contributed by atoms with Gasteiger partial charge in [-0.05, 0) is 56.0 Å². The molecule has 2 aliphatic rings. The fourth-order valence-corrected chi connectivity index (χ4v) is 4.32. The second kappa shape index (κ2) is 10.9. The molecular weight excluding hydrogens is 490 g/mol. The molecule has 170 valence electrons. The van der Waals surface area contributed by atoms with Gasteiger partial charge in [-0.25, -0.2) is 4.99 Å². The van der Waals surface area contributed by atoms with Crippen molar-refractivity contribution >= 4 is 39.1 Å². The predicted octanol–water partition coefficient (Wildman–Crippen LogP) is 4.50. The number of hydrogen-bond acceptors (Lipinski definition) is 5. The van der Waals surface area contributed by atoms with Gasteiger partial charge in [0.2, 0.25) is 0 Å². The van der Waals surface area contributed by atoms with Crippen LogP contribution in [-0.4, -0.2) is 42.7 Å². The molecule has 0 aliphatic heterocycles. The van der Waals surface area contributed by atoms with E-state index in [0.29, 0.717) is 22.2 Å². The highest BCUT2D eigenvalue weighted by Crippen LogP contribution is 2.24. The molecule has 0 unspecified atom stereocenters. The molecule has 8 heteroatoms. The maximum absolute atomic E-state index is 12.6. The number of amides is 1. The van der Waals surface area contributed by atoms with E-state index in [0.717, 1.165) is 41.4 Å². The lowest BCUT2D eigenvalue weighted by atomic mass is 9.91. The SMILES string of the molecule is C=C(/N=C1/C=CC=C/C1=C(/N)N(C)C)N[C@H]1CC[C@@H](NC(=O)c2cc(Br)ccc2Cl)CC1. The molecule has 1 aromatic rings. The Morgan fingerprint density at radius 1 is 1.16 bits per heavy atom. The van der Waals surface area contributed by atoms with Crippen molar-refractivity contribution < 1.29 is 4.79 Å². The smallest absolute Gasteiger partial charge is 0.253 e. The highest BCUT2D eigenvalue weighted by molar-refractivity contribution is 9.10. The van der Waals surface area contributed by atoms with Crippen molar-refractivity contribution in [2.45, 2.75) is 37.8 Å². The van der Waals surface area contributed by atoms with Crippen molar-refractivity contribution in [2.24, 2.45) is 10.7 Å². The molecule has 0 radical (unpaired) electrons. The number of nitrogens with zero attached hydrogens (tertiary/aromatic N) is 2. The third-order valence-corrected chi connectivity index (χ3v) is 6.35. The van der Waals surface area contributed by atoms with Gasteiger partial charge < -0.3 is 21.3 Å². The number of halogens is 2. The average molecular weight is 519 g/mol. The van der Waals surface area contributed by atoms with Crippen LogP contribution in [0.1, 0.15) is 36.0 Å². The van der Waals surface area contributed by atoms with Gasteiger partial charge >= 0.3 is 0 Å². The van der Waals surface area contributed by atoms with Crippen LogP contribution in [0.4, 0.5) is 0 Å². The largest absolute Gasteiger partial charge is 0.385 e. The fraction of sp³-hybridized carbons (Fsp3) is 0.333. The molecule has 3 rings (SSSR count). The maximum atomic E-state index is 12.6. The number of aliphatic imine (C=N–C) groups is 1. The zero-order chi connectivity index (χ0) is 23.3. The van der Waals surface area contributed by atoms with Crippen molar-refractivity contribution in [3.05, 3.63) is 81.4 Å². The second-order valence-corrected chi connectivity index (χ2v) is 9.47. The van der Waals surface area contributed by atoms with Crippen LogP contribution in [0.5, 0.6) is 0 Å². The molecule has 0 atom stereocenters. The minimum Gasteiger partial charge on any atom is -0.385 e. The van der Waals surface area contributed by atoms with Gasteiger partial charge in [0.05, 0.1) is 16.3 Å². The number of carbonyl (C=O) groups excluding carboxylic acids is 1. The van der Waals surface area contributed by atoms with E-state index in [4.69, 9.17) is 17.3 Å². The lowest BCUT2D eigenvalue weighted by Gasteiger charge is -2.30. The number of nitrogens with two attached hydrogens (primary N) is 1. The van der Waals surface area contributed by atoms with Crippen LogP contribution in [0.3, 0.4) is 0 Å². The maximum Gasteiger partial charge on any atom is 0.253 e. The van der Waals surface area contributed by atoms with E-state index in [-0.39, 0.29) is 18.0 Å². The van der Waals surface area contributed by atoms with Crippen LogP contribution in [0.2, 0.25) is 5.02 Å². The summed E-state index contributed by atoms with van der Waals surface area (Å²) >= 11 is 9.57. The van der Waals surface area contributed by atoms with Gasteiger partial charge in [0.1, 0.15) is 11.6 Å². The minimum atomic E-state index is -0.140. The van der Waals surface area contributed by atoms with E-state index < -0.39 is 0 Å². The third kappa shape index (κ3) is 6.26. The molecule has 2 aliphatic carbocycles.